The third kappa shape index (κ3) is 4.69. The van der Waals surface area contributed by atoms with E-state index in [9.17, 15) is 13.6 Å². The van der Waals surface area contributed by atoms with Crippen LogP contribution in [0.5, 0.6) is 0 Å². The molecule has 0 radical (unpaired) electrons. The Morgan fingerprint density at radius 1 is 1.16 bits per heavy atom. The molecule has 1 aliphatic heterocycles. The van der Waals surface area contributed by atoms with Crippen molar-refractivity contribution in [1.29, 1.82) is 0 Å². The van der Waals surface area contributed by atoms with Gasteiger partial charge in [0.15, 0.2) is 0 Å². The number of rotatable bonds is 5. The highest BCUT2D eigenvalue weighted by Gasteiger charge is 2.19. The van der Waals surface area contributed by atoms with Crippen molar-refractivity contribution in [2.75, 3.05) is 23.3 Å². The van der Waals surface area contributed by atoms with Gasteiger partial charge in [-0.05, 0) is 49.6 Å². The molecule has 1 aromatic heterocycles. The highest BCUT2D eigenvalue weighted by atomic mass is 32.2. The van der Waals surface area contributed by atoms with Gasteiger partial charge >= 0.3 is 0 Å². The number of nitrogens with one attached hydrogen (secondary N) is 1. The van der Waals surface area contributed by atoms with Crippen molar-refractivity contribution in [3.63, 3.8) is 0 Å². The molecule has 1 saturated heterocycles. The van der Waals surface area contributed by atoms with Crippen LogP contribution in [0.2, 0.25) is 0 Å². The Bertz CT molecular complexity index is 736. The fourth-order valence-electron chi connectivity index (χ4n) is 2.88. The first-order valence-electron chi connectivity index (χ1n) is 8.19. The highest BCUT2D eigenvalue weighted by Crippen LogP contribution is 2.28. The molecule has 0 aliphatic carbocycles. The summed E-state index contributed by atoms with van der Waals surface area (Å²) in [5, 5.41) is 2.79. The van der Waals surface area contributed by atoms with Crippen LogP contribution in [-0.4, -0.2) is 29.7 Å². The largest absolute Gasteiger partial charge is 0.356 e. The fourth-order valence-corrected chi connectivity index (χ4v) is 3.44. The quantitative estimate of drug-likeness (QED) is 0.786. The number of aromatic nitrogens is 1. The van der Waals surface area contributed by atoms with E-state index < -0.39 is 5.76 Å². The Labute approximate surface area is 149 Å². The lowest BCUT2D eigenvalue weighted by molar-refractivity contribution is 0.102. The average Bonchev–Trinajstić information content (AvgIpc) is 2.62. The van der Waals surface area contributed by atoms with Crippen molar-refractivity contribution >= 4 is 29.2 Å². The van der Waals surface area contributed by atoms with Crippen LogP contribution in [0.1, 0.15) is 29.6 Å². The van der Waals surface area contributed by atoms with Gasteiger partial charge in [-0.3, -0.25) is 4.79 Å². The van der Waals surface area contributed by atoms with Crippen molar-refractivity contribution in [1.82, 2.24) is 4.98 Å². The van der Waals surface area contributed by atoms with Gasteiger partial charge < -0.3 is 10.2 Å². The molecule has 132 valence electrons. The van der Waals surface area contributed by atoms with Crippen LogP contribution in [0.3, 0.4) is 0 Å². The van der Waals surface area contributed by atoms with Crippen LogP contribution in [0.15, 0.2) is 47.5 Å². The van der Waals surface area contributed by atoms with E-state index in [2.05, 4.69) is 15.2 Å². The van der Waals surface area contributed by atoms with Gasteiger partial charge in [-0.2, -0.15) is 8.78 Å². The molecule has 1 fully saturated rings. The van der Waals surface area contributed by atoms with Crippen LogP contribution in [-0.2, 0) is 0 Å². The number of amides is 1. The standard InChI is InChI=1S/C18H19F2N3OS/c19-18(20)25-14-7-4-6-13(12-14)22-17(24)15-8-5-9-21-16(15)23-10-2-1-3-11-23/h4-9,12,18H,1-3,10-11H2,(H,22,24). The van der Waals surface area contributed by atoms with Gasteiger partial charge in [-0.25, -0.2) is 4.98 Å². The molecule has 4 nitrogen and oxygen atoms in total. The molecule has 2 heterocycles. The molecular formula is C18H19F2N3OS. The monoisotopic (exact) mass is 363 g/mol. The smallest absolute Gasteiger partial charge is 0.288 e. The second kappa shape index (κ2) is 8.29. The fraction of sp³-hybridized carbons (Fsp3) is 0.333. The Morgan fingerprint density at radius 3 is 2.72 bits per heavy atom. The normalized spacial score (nSPS) is 14.6. The topological polar surface area (TPSA) is 45.2 Å². The molecule has 3 rings (SSSR count). The maximum absolute atomic E-state index is 12.7. The molecule has 1 aromatic carbocycles. The number of carbonyl (C=O) groups is 1. The van der Waals surface area contributed by atoms with Gasteiger partial charge in [0.1, 0.15) is 5.82 Å². The first-order chi connectivity index (χ1) is 12.1. The number of anilines is 2. The zero-order valence-electron chi connectivity index (χ0n) is 13.6. The summed E-state index contributed by atoms with van der Waals surface area (Å²) in [5.41, 5.74) is 0.986. The van der Waals surface area contributed by atoms with Gasteiger partial charge in [-0.1, -0.05) is 17.8 Å². The van der Waals surface area contributed by atoms with Crippen molar-refractivity contribution in [3.05, 3.63) is 48.2 Å². The van der Waals surface area contributed by atoms with Crippen LogP contribution in [0.4, 0.5) is 20.3 Å². The van der Waals surface area contributed by atoms with E-state index in [1.807, 2.05) is 0 Å². The van der Waals surface area contributed by atoms with Gasteiger partial charge in [0.05, 0.1) is 5.56 Å². The lowest BCUT2D eigenvalue weighted by atomic mass is 10.1. The first-order valence-corrected chi connectivity index (χ1v) is 9.07. The van der Waals surface area contributed by atoms with E-state index in [1.54, 1.807) is 42.6 Å². The Morgan fingerprint density at radius 2 is 1.96 bits per heavy atom. The van der Waals surface area contributed by atoms with Gasteiger partial charge in [0.2, 0.25) is 0 Å². The van der Waals surface area contributed by atoms with Crippen LogP contribution in [0, 0.1) is 0 Å². The maximum atomic E-state index is 12.7. The number of thioether (sulfide) groups is 1. The summed E-state index contributed by atoms with van der Waals surface area (Å²) in [6, 6.07) is 9.94. The van der Waals surface area contributed by atoms with E-state index in [4.69, 9.17) is 0 Å². The zero-order valence-corrected chi connectivity index (χ0v) is 14.4. The van der Waals surface area contributed by atoms with Gasteiger partial charge in [0, 0.05) is 29.9 Å². The van der Waals surface area contributed by atoms with E-state index in [0.717, 1.165) is 25.9 Å². The number of hydrogen-bond donors (Lipinski definition) is 1. The third-order valence-electron chi connectivity index (χ3n) is 4.00. The molecule has 0 bridgehead atoms. The lowest BCUT2D eigenvalue weighted by Gasteiger charge is -2.29. The second-order valence-electron chi connectivity index (χ2n) is 5.78. The Balaban J connectivity index is 1.77. The van der Waals surface area contributed by atoms with Gasteiger partial charge in [0.25, 0.3) is 11.7 Å². The molecule has 1 N–H and O–H groups in total. The predicted molar refractivity (Wildman–Crippen MR) is 96.6 cm³/mol. The van der Waals surface area contributed by atoms with Crippen LogP contribution >= 0.6 is 11.8 Å². The lowest BCUT2D eigenvalue weighted by Crippen LogP contribution is -2.32. The molecule has 7 heteroatoms. The number of carbonyl (C=O) groups excluding carboxylic acids is 1. The molecule has 0 atom stereocenters. The zero-order chi connectivity index (χ0) is 17.6. The molecule has 1 amide bonds. The van der Waals surface area contributed by atoms with Crippen molar-refractivity contribution in [2.45, 2.75) is 29.9 Å². The summed E-state index contributed by atoms with van der Waals surface area (Å²) in [5.74, 6) is -2.10. The second-order valence-corrected chi connectivity index (χ2v) is 6.85. The molecule has 1 aliphatic rings. The van der Waals surface area contributed by atoms with Crippen molar-refractivity contribution in [2.24, 2.45) is 0 Å². The van der Waals surface area contributed by atoms with Crippen molar-refractivity contribution in [3.8, 4) is 0 Å². The van der Waals surface area contributed by atoms with Crippen LogP contribution in [0.25, 0.3) is 0 Å². The van der Waals surface area contributed by atoms with Crippen LogP contribution < -0.4 is 10.2 Å². The maximum Gasteiger partial charge on any atom is 0.288 e. The molecule has 0 unspecified atom stereocenters. The summed E-state index contributed by atoms with van der Waals surface area (Å²) in [6.45, 7) is 1.77. The predicted octanol–water partition coefficient (Wildman–Crippen LogP) is 4.64. The third-order valence-corrected chi connectivity index (χ3v) is 4.71. The molecule has 0 spiro atoms. The summed E-state index contributed by atoms with van der Waals surface area (Å²) < 4.78 is 25.0. The minimum atomic E-state index is -2.49. The Hall–Kier alpha value is -2.15. The average molecular weight is 363 g/mol. The number of hydrogen-bond acceptors (Lipinski definition) is 4. The summed E-state index contributed by atoms with van der Waals surface area (Å²) in [7, 11) is 0. The number of nitrogens with zero attached hydrogens (tertiary/aromatic N) is 2. The van der Waals surface area contributed by atoms with E-state index >= 15 is 0 Å². The number of halogens is 2. The Kier molecular flexibility index (Phi) is 5.86. The number of benzene rings is 1. The molecule has 25 heavy (non-hydrogen) atoms. The first kappa shape index (κ1) is 17.7. The molecular weight excluding hydrogens is 344 g/mol. The number of piperidine rings is 1. The summed E-state index contributed by atoms with van der Waals surface area (Å²) in [6.07, 6.45) is 5.05. The van der Waals surface area contributed by atoms with E-state index in [-0.39, 0.29) is 5.91 Å². The van der Waals surface area contributed by atoms with E-state index in [0.29, 0.717) is 33.7 Å². The van der Waals surface area contributed by atoms with E-state index in [1.165, 1.54) is 6.42 Å². The molecule has 2 aromatic rings. The minimum Gasteiger partial charge on any atom is -0.356 e. The molecule has 0 saturated carbocycles. The van der Waals surface area contributed by atoms with Gasteiger partial charge in [-0.15, -0.1) is 0 Å². The number of alkyl halides is 2. The summed E-state index contributed by atoms with van der Waals surface area (Å²) >= 11 is 0.456. The summed E-state index contributed by atoms with van der Waals surface area (Å²) in [4.78, 5) is 19.6. The highest BCUT2D eigenvalue weighted by molar-refractivity contribution is 7.99. The number of pyridine rings is 1. The minimum absolute atomic E-state index is 0.284. The SMILES string of the molecule is O=C(Nc1cccc(SC(F)F)c1)c1cccnc1N1CCCCC1. The van der Waals surface area contributed by atoms with Crippen molar-refractivity contribution < 1.29 is 13.6 Å².